The average molecular weight is 375 g/mol. The standard InChI is InChI=1S/C12H16FN3O6.C4H10/c1-3-21-12(20)15-9-6(13)4-16(11(19)14-9)10-8(18)7(17)5(2)22-10;1-3-4-2/h4-5,7-8,10,17-18H,3H2,1-2H3,(H,14,15,19,20);3-4H2,1-2H3/t5-,7-,8-,10-;/m1./s1. The number of amides is 1. The Hall–Kier alpha value is -2.04. The Balaban J connectivity index is 0.000000765. The van der Waals surface area contributed by atoms with Crippen molar-refractivity contribution in [2.24, 2.45) is 0 Å². The molecule has 0 saturated carbocycles. The zero-order valence-electron chi connectivity index (χ0n) is 15.3. The second-order valence-electron chi connectivity index (χ2n) is 5.69. The Morgan fingerprint density at radius 2 is 1.96 bits per heavy atom. The van der Waals surface area contributed by atoms with Crippen molar-refractivity contribution < 1.29 is 28.9 Å². The monoisotopic (exact) mass is 375 g/mol. The third kappa shape index (κ3) is 5.48. The summed E-state index contributed by atoms with van der Waals surface area (Å²) < 4.78 is 24.4. The predicted octanol–water partition coefficient (Wildman–Crippen LogP) is 1.40. The molecule has 0 spiro atoms. The molecule has 0 unspecified atom stereocenters. The van der Waals surface area contributed by atoms with E-state index in [0.29, 0.717) is 4.57 Å². The molecular formula is C16H26FN3O6. The number of carbonyl (C=O) groups is 1. The van der Waals surface area contributed by atoms with E-state index in [2.05, 4.69) is 23.6 Å². The van der Waals surface area contributed by atoms with Crippen LogP contribution in [0.25, 0.3) is 0 Å². The van der Waals surface area contributed by atoms with Crippen molar-refractivity contribution >= 4 is 11.9 Å². The SMILES string of the molecule is CCCC.CCOC(=O)Nc1nc(=O)n([C@@H]2O[C@H](C)[C@@H](O)[C@H]2O)cc1F. The Bertz CT molecular complexity index is 651. The second kappa shape index (κ2) is 10.2. The zero-order valence-corrected chi connectivity index (χ0v) is 15.3. The number of aliphatic hydroxyl groups excluding tert-OH is 2. The van der Waals surface area contributed by atoms with Crippen molar-refractivity contribution in [2.75, 3.05) is 11.9 Å². The Kier molecular flexibility index (Phi) is 8.62. The summed E-state index contributed by atoms with van der Waals surface area (Å²) in [6.07, 6.45) is -2.19. The Morgan fingerprint density at radius 1 is 1.35 bits per heavy atom. The molecule has 0 bridgehead atoms. The van der Waals surface area contributed by atoms with Crippen LogP contribution in [0, 0.1) is 5.82 Å². The number of ether oxygens (including phenoxy) is 2. The normalized spacial score (nSPS) is 24.6. The molecule has 1 saturated heterocycles. The van der Waals surface area contributed by atoms with Gasteiger partial charge in [-0.3, -0.25) is 9.88 Å². The number of unbranched alkanes of at least 4 members (excludes halogenated alkanes) is 1. The van der Waals surface area contributed by atoms with E-state index in [4.69, 9.17) is 4.74 Å². The lowest BCUT2D eigenvalue weighted by atomic mass is 10.1. The lowest BCUT2D eigenvalue weighted by Gasteiger charge is -2.17. The van der Waals surface area contributed by atoms with Crippen LogP contribution in [0.4, 0.5) is 15.0 Å². The van der Waals surface area contributed by atoms with Crippen molar-refractivity contribution in [3.05, 3.63) is 22.5 Å². The van der Waals surface area contributed by atoms with Crippen molar-refractivity contribution in [3.8, 4) is 0 Å². The zero-order chi connectivity index (χ0) is 19.9. The molecule has 2 heterocycles. The molecule has 1 aliphatic heterocycles. The van der Waals surface area contributed by atoms with Crippen molar-refractivity contribution in [3.63, 3.8) is 0 Å². The largest absolute Gasteiger partial charge is 0.450 e. The van der Waals surface area contributed by atoms with E-state index in [1.165, 1.54) is 19.8 Å². The van der Waals surface area contributed by atoms with Crippen LogP contribution in [0.3, 0.4) is 0 Å². The number of halogens is 1. The van der Waals surface area contributed by atoms with Gasteiger partial charge in [0, 0.05) is 0 Å². The van der Waals surface area contributed by atoms with Crippen LogP contribution in [-0.4, -0.2) is 50.8 Å². The van der Waals surface area contributed by atoms with Crippen LogP contribution in [-0.2, 0) is 9.47 Å². The maximum Gasteiger partial charge on any atom is 0.412 e. The molecule has 4 atom stereocenters. The Labute approximate surface area is 150 Å². The van der Waals surface area contributed by atoms with E-state index in [0.717, 1.165) is 6.20 Å². The number of hydrogen-bond acceptors (Lipinski definition) is 7. The van der Waals surface area contributed by atoms with Gasteiger partial charge in [0.2, 0.25) is 0 Å². The molecule has 0 radical (unpaired) electrons. The highest BCUT2D eigenvalue weighted by Gasteiger charge is 2.42. The van der Waals surface area contributed by atoms with Crippen LogP contribution in [0.15, 0.2) is 11.0 Å². The maximum absolute atomic E-state index is 13.9. The smallest absolute Gasteiger partial charge is 0.412 e. The van der Waals surface area contributed by atoms with Gasteiger partial charge in [-0.1, -0.05) is 26.7 Å². The van der Waals surface area contributed by atoms with Crippen LogP contribution in [0.2, 0.25) is 0 Å². The van der Waals surface area contributed by atoms with E-state index in [1.807, 2.05) is 5.32 Å². The molecule has 0 aliphatic carbocycles. The number of nitrogens with zero attached hydrogens (tertiary/aromatic N) is 2. The molecule has 1 aromatic rings. The van der Waals surface area contributed by atoms with Gasteiger partial charge in [0.25, 0.3) is 0 Å². The molecule has 1 aliphatic rings. The van der Waals surface area contributed by atoms with E-state index in [1.54, 1.807) is 6.92 Å². The summed E-state index contributed by atoms with van der Waals surface area (Å²) in [7, 11) is 0. The van der Waals surface area contributed by atoms with Gasteiger partial charge in [-0.25, -0.2) is 14.0 Å². The summed E-state index contributed by atoms with van der Waals surface area (Å²) in [4.78, 5) is 26.5. The number of rotatable bonds is 4. The van der Waals surface area contributed by atoms with Crippen molar-refractivity contribution in [1.29, 1.82) is 0 Å². The van der Waals surface area contributed by atoms with Gasteiger partial charge in [0.05, 0.1) is 18.9 Å². The molecule has 26 heavy (non-hydrogen) atoms. The number of hydrogen-bond donors (Lipinski definition) is 3. The first-order valence-electron chi connectivity index (χ1n) is 8.50. The topological polar surface area (TPSA) is 123 Å². The highest BCUT2D eigenvalue weighted by molar-refractivity contribution is 5.83. The van der Waals surface area contributed by atoms with E-state index in [9.17, 15) is 24.2 Å². The maximum atomic E-state index is 13.9. The minimum absolute atomic E-state index is 0.0718. The fraction of sp³-hybridized carbons (Fsp3) is 0.688. The number of anilines is 1. The fourth-order valence-corrected chi connectivity index (χ4v) is 2.04. The van der Waals surface area contributed by atoms with Gasteiger partial charge >= 0.3 is 11.8 Å². The molecule has 148 valence electrons. The lowest BCUT2D eigenvalue weighted by Crippen LogP contribution is -2.36. The summed E-state index contributed by atoms with van der Waals surface area (Å²) in [5, 5.41) is 21.4. The fourth-order valence-electron chi connectivity index (χ4n) is 2.04. The highest BCUT2D eigenvalue weighted by Crippen LogP contribution is 2.28. The van der Waals surface area contributed by atoms with Crippen LogP contribution >= 0.6 is 0 Å². The molecule has 1 amide bonds. The minimum atomic E-state index is -1.40. The van der Waals surface area contributed by atoms with Gasteiger partial charge in [0.1, 0.15) is 12.2 Å². The van der Waals surface area contributed by atoms with E-state index >= 15 is 0 Å². The first kappa shape index (κ1) is 22.0. The molecular weight excluding hydrogens is 349 g/mol. The summed E-state index contributed by atoms with van der Waals surface area (Å²) in [6, 6.07) is 0. The average Bonchev–Trinajstić information content (AvgIpc) is 2.85. The van der Waals surface area contributed by atoms with Gasteiger partial charge in [0.15, 0.2) is 17.9 Å². The first-order valence-corrected chi connectivity index (χ1v) is 8.50. The van der Waals surface area contributed by atoms with Crippen LogP contribution < -0.4 is 11.0 Å². The summed E-state index contributed by atoms with van der Waals surface area (Å²) in [5.41, 5.74) is -0.960. The Morgan fingerprint density at radius 3 is 2.42 bits per heavy atom. The van der Waals surface area contributed by atoms with Crippen LogP contribution in [0.1, 0.15) is 46.8 Å². The second-order valence-corrected chi connectivity index (χ2v) is 5.69. The molecule has 9 nitrogen and oxygen atoms in total. The summed E-state index contributed by atoms with van der Waals surface area (Å²) in [5.74, 6) is -1.61. The number of aromatic nitrogens is 2. The molecule has 0 aromatic carbocycles. The van der Waals surface area contributed by atoms with Crippen LogP contribution in [0.5, 0.6) is 0 Å². The molecule has 10 heteroatoms. The van der Waals surface area contributed by atoms with Crippen molar-refractivity contribution in [2.45, 2.75) is 65.1 Å². The molecule has 2 rings (SSSR count). The molecule has 3 N–H and O–H groups in total. The molecule has 1 fully saturated rings. The van der Waals surface area contributed by atoms with Crippen molar-refractivity contribution in [1.82, 2.24) is 9.55 Å². The van der Waals surface area contributed by atoms with Gasteiger partial charge in [-0.15, -0.1) is 0 Å². The third-order valence-electron chi connectivity index (χ3n) is 3.65. The number of aliphatic hydroxyl groups is 2. The first-order chi connectivity index (χ1) is 12.3. The number of nitrogens with one attached hydrogen (secondary N) is 1. The van der Waals surface area contributed by atoms with E-state index < -0.39 is 48.0 Å². The van der Waals surface area contributed by atoms with Gasteiger partial charge < -0.3 is 19.7 Å². The lowest BCUT2D eigenvalue weighted by molar-refractivity contribution is -0.0355. The molecule has 1 aromatic heterocycles. The van der Waals surface area contributed by atoms with Gasteiger partial charge in [-0.05, 0) is 13.8 Å². The minimum Gasteiger partial charge on any atom is -0.450 e. The number of carbonyl (C=O) groups excluding carboxylic acids is 1. The predicted molar refractivity (Wildman–Crippen MR) is 91.3 cm³/mol. The highest BCUT2D eigenvalue weighted by atomic mass is 19.1. The summed E-state index contributed by atoms with van der Waals surface area (Å²) in [6.45, 7) is 7.49. The van der Waals surface area contributed by atoms with Gasteiger partial charge in [-0.2, -0.15) is 4.98 Å². The third-order valence-corrected chi connectivity index (χ3v) is 3.65. The summed E-state index contributed by atoms with van der Waals surface area (Å²) >= 11 is 0. The van der Waals surface area contributed by atoms with E-state index in [-0.39, 0.29) is 6.61 Å². The quantitative estimate of drug-likeness (QED) is 0.727.